The van der Waals surface area contributed by atoms with Crippen LogP contribution in [-0.4, -0.2) is 38.4 Å². The Morgan fingerprint density at radius 1 is 1.02 bits per heavy atom. The van der Waals surface area contributed by atoms with Crippen molar-refractivity contribution in [2.75, 3.05) is 16.2 Å². The van der Waals surface area contributed by atoms with Crippen molar-refractivity contribution in [2.24, 2.45) is 5.92 Å². The summed E-state index contributed by atoms with van der Waals surface area (Å²) >= 11 is -2.51. The summed E-state index contributed by atoms with van der Waals surface area (Å²) in [6, 6.07) is 18.3. The van der Waals surface area contributed by atoms with E-state index < -0.39 is 29.2 Å². The molecule has 0 aliphatic heterocycles. The molecular weight excluding hydrogens is 532 g/mol. The molecule has 3 N–H and O–H groups in total. The highest BCUT2D eigenvalue weighted by Gasteiger charge is 2.32. The SMILES string of the molecule is CCCOc1cccc2oc(C(=O)Nc3ccc(-c4ccc(N(C(C(=O)O)C(C)C)S(=O)O)cc4)cc3)c(C)c12. The lowest BCUT2D eigenvalue weighted by atomic mass is 10.0. The van der Waals surface area contributed by atoms with Gasteiger partial charge in [-0.05, 0) is 66.8 Å². The number of carboxylic acid groups (broad SMARTS) is 1. The molecule has 0 bridgehead atoms. The van der Waals surface area contributed by atoms with Crippen molar-refractivity contribution < 1.29 is 32.6 Å². The minimum Gasteiger partial charge on any atom is -0.493 e. The molecule has 2 atom stereocenters. The molecular formula is C30H32N2O7S. The molecule has 0 saturated heterocycles. The lowest BCUT2D eigenvalue weighted by molar-refractivity contribution is -0.139. The predicted molar refractivity (Wildman–Crippen MR) is 156 cm³/mol. The van der Waals surface area contributed by atoms with Crippen LogP contribution in [0.5, 0.6) is 5.75 Å². The van der Waals surface area contributed by atoms with E-state index in [2.05, 4.69) is 5.32 Å². The van der Waals surface area contributed by atoms with Gasteiger partial charge in [-0.1, -0.05) is 51.1 Å². The first-order valence-corrected chi connectivity index (χ1v) is 14.0. The number of rotatable bonds is 11. The van der Waals surface area contributed by atoms with Crippen LogP contribution in [0.15, 0.2) is 71.1 Å². The van der Waals surface area contributed by atoms with Crippen molar-refractivity contribution in [3.63, 3.8) is 0 Å². The van der Waals surface area contributed by atoms with Crippen LogP contribution in [0.25, 0.3) is 22.1 Å². The number of benzene rings is 3. The van der Waals surface area contributed by atoms with Gasteiger partial charge in [-0.15, -0.1) is 0 Å². The van der Waals surface area contributed by atoms with Crippen LogP contribution in [-0.2, 0) is 16.1 Å². The highest BCUT2D eigenvalue weighted by Crippen LogP contribution is 2.34. The largest absolute Gasteiger partial charge is 0.493 e. The Balaban J connectivity index is 1.51. The minimum absolute atomic E-state index is 0.217. The quantitative estimate of drug-likeness (QED) is 0.177. The number of fused-ring (bicyclic) bond motifs is 1. The fourth-order valence-electron chi connectivity index (χ4n) is 4.55. The number of carboxylic acids is 1. The Morgan fingerprint density at radius 3 is 2.20 bits per heavy atom. The summed E-state index contributed by atoms with van der Waals surface area (Å²) in [6.07, 6.45) is 0.867. The second kappa shape index (κ2) is 12.4. The third-order valence-electron chi connectivity index (χ3n) is 6.49. The topological polar surface area (TPSA) is 129 Å². The Hall–Kier alpha value is -4.15. The summed E-state index contributed by atoms with van der Waals surface area (Å²) in [6.45, 7) is 7.80. The number of nitrogens with zero attached hydrogens (tertiary/aromatic N) is 1. The molecule has 1 heterocycles. The smallest absolute Gasteiger partial charge is 0.327 e. The number of ether oxygens (including phenoxy) is 1. The molecule has 10 heteroatoms. The Labute approximate surface area is 235 Å². The summed E-state index contributed by atoms with van der Waals surface area (Å²) in [5, 5.41) is 13.2. The number of anilines is 2. The van der Waals surface area contributed by atoms with Crippen LogP contribution in [0.3, 0.4) is 0 Å². The summed E-state index contributed by atoms with van der Waals surface area (Å²) in [5.74, 6) is -1.04. The molecule has 0 radical (unpaired) electrons. The minimum atomic E-state index is -2.51. The van der Waals surface area contributed by atoms with Crippen molar-refractivity contribution in [3.8, 4) is 16.9 Å². The van der Waals surface area contributed by atoms with E-state index in [4.69, 9.17) is 9.15 Å². The summed E-state index contributed by atoms with van der Waals surface area (Å²) in [4.78, 5) is 24.8. The normalized spacial score (nSPS) is 12.8. The maximum absolute atomic E-state index is 13.1. The zero-order valence-electron chi connectivity index (χ0n) is 22.7. The van der Waals surface area contributed by atoms with Crippen molar-refractivity contribution in [1.82, 2.24) is 0 Å². The fraction of sp³-hybridized carbons (Fsp3) is 0.267. The molecule has 4 aromatic rings. The van der Waals surface area contributed by atoms with Crippen LogP contribution in [0.2, 0.25) is 0 Å². The van der Waals surface area contributed by atoms with Gasteiger partial charge in [0, 0.05) is 11.3 Å². The van der Waals surface area contributed by atoms with Crippen molar-refractivity contribution >= 4 is 45.5 Å². The van der Waals surface area contributed by atoms with Crippen molar-refractivity contribution in [1.29, 1.82) is 0 Å². The zero-order valence-corrected chi connectivity index (χ0v) is 23.5. The average Bonchev–Trinajstić information content (AvgIpc) is 3.27. The first-order chi connectivity index (χ1) is 19.1. The fourth-order valence-corrected chi connectivity index (χ4v) is 5.38. The predicted octanol–water partition coefficient (Wildman–Crippen LogP) is 6.50. The monoisotopic (exact) mass is 564 g/mol. The molecule has 0 fully saturated rings. The van der Waals surface area contributed by atoms with E-state index in [-0.39, 0.29) is 11.7 Å². The number of aliphatic carboxylic acids is 1. The van der Waals surface area contributed by atoms with E-state index in [1.54, 1.807) is 56.3 Å². The molecule has 0 aliphatic rings. The number of furan rings is 1. The lowest BCUT2D eigenvalue weighted by Crippen LogP contribution is -2.45. The summed E-state index contributed by atoms with van der Waals surface area (Å²) < 4.78 is 34.5. The molecule has 4 rings (SSSR count). The molecule has 1 amide bonds. The maximum Gasteiger partial charge on any atom is 0.327 e. The Kier molecular flexibility index (Phi) is 8.91. The first-order valence-electron chi connectivity index (χ1n) is 12.9. The number of amides is 1. The number of hydrogen-bond donors (Lipinski definition) is 3. The highest BCUT2D eigenvalue weighted by atomic mass is 32.2. The van der Waals surface area contributed by atoms with E-state index in [0.29, 0.717) is 34.9 Å². The van der Waals surface area contributed by atoms with E-state index in [9.17, 15) is 23.5 Å². The number of carbonyl (C=O) groups is 2. The van der Waals surface area contributed by atoms with Gasteiger partial charge in [0.1, 0.15) is 17.4 Å². The molecule has 210 valence electrons. The third kappa shape index (κ3) is 6.03. The second-order valence-corrected chi connectivity index (χ2v) is 10.6. The van der Waals surface area contributed by atoms with Crippen LogP contribution in [0, 0.1) is 12.8 Å². The molecule has 1 aromatic heterocycles. The van der Waals surface area contributed by atoms with Crippen LogP contribution < -0.4 is 14.4 Å². The van der Waals surface area contributed by atoms with Gasteiger partial charge in [-0.2, -0.15) is 0 Å². The number of aryl methyl sites for hydroxylation is 1. The van der Waals surface area contributed by atoms with Gasteiger partial charge in [0.25, 0.3) is 17.2 Å². The number of carbonyl (C=O) groups excluding carboxylic acids is 1. The van der Waals surface area contributed by atoms with Gasteiger partial charge >= 0.3 is 5.97 Å². The standard InChI is InChI=1S/C30H32N2O7S/c1-5-17-38-24-7-6-8-25-26(24)19(4)28(39-25)29(33)31-22-13-9-20(10-14-22)21-11-15-23(16-12-21)32(40(36)37)27(18(2)3)30(34)35/h6-16,18,27H,5,17H2,1-4H3,(H,31,33)(H,34,35)(H,36,37). The van der Waals surface area contributed by atoms with E-state index in [1.807, 2.05) is 38.1 Å². The number of nitrogens with one attached hydrogen (secondary N) is 1. The molecule has 9 nitrogen and oxygen atoms in total. The van der Waals surface area contributed by atoms with E-state index in [0.717, 1.165) is 27.2 Å². The van der Waals surface area contributed by atoms with Crippen molar-refractivity contribution in [2.45, 2.75) is 40.2 Å². The third-order valence-corrected chi connectivity index (χ3v) is 7.26. The molecule has 40 heavy (non-hydrogen) atoms. The maximum atomic E-state index is 13.1. The van der Waals surface area contributed by atoms with Crippen molar-refractivity contribution in [3.05, 3.63) is 78.1 Å². The van der Waals surface area contributed by atoms with Crippen LogP contribution in [0.1, 0.15) is 43.3 Å². The summed E-state index contributed by atoms with van der Waals surface area (Å²) in [7, 11) is 0. The van der Waals surface area contributed by atoms with Gasteiger partial charge in [-0.3, -0.25) is 13.7 Å². The van der Waals surface area contributed by atoms with Gasteiger partial charge in [0.2, 0.25) is 0 Å². The van der Waals surface area contributed by atoms with Crippen LogP contribution >= 0.6 is 0 Å². The molecule has 0 aliphatic carbocycles. The molecule has 0 saturated carbocycles. The van der Waals surface area contributed by atoms with Gasteiger partial charge in [0.15, 0.2) is 5.76 Å². The Morgan fingerprint density at radius 2 is 1.65 bits per heavy atom. The number of hydrogen-bond acceptors (Lipinski definition) is 5. The van der Waals surface area contributed by atoms with Crippen LogP contribution in [0.4, 0.5) is 11.4 Å². The first kappa shape index (κ1) is 28.8. The highest BCUT2D eigenvalue weighted by molar-refractivity contribution is 7.80. The zero-order chi connectivity index (χ0) is 29.0. The van der Waals surface area contributed by atoms with E-state index >= 15 is 0 Å². The molecule has 0 spiro atoms. The lowest BCUT2D eigenvalue weighted by Gasteiger charge is -2.29. The average molecular weight is 565 g/mol. The molecule has 2 unspecified atom stereocenters. The second-order valence-electron chi connectivity index (χ2n) is 9.70. The van der Waals surface area contributed by atoms with Gasteiger partial charge in [0.05, 0.1) is 17.7 Å². The molecule has 3 aromatic carbocycles. The van der Waals surface area contributed by atoms with Gasteiger partial charge in [-0.25, -0.2) is 9.00 Å². The van der Waals surface area contributed by atoms with E-state index in [1.165, 1.54) is 0 Å². The Bertz CT molecular complexity index is 1530. The summed E-state index contributed by atoms with van der Waals surface area (Å²) in [5.41, 5.74) is 3.85. The van der Waals surface area contributed by atoms with Gasteiger partial charge < -0.3 is 19.6 Å².